The first-order valence-corrected chi connectivity index (χ1v) is 8.07. The van der Waals surface area contributed by atoms with E-state index in [0.29, 0.717) is 5.41 Å². The van der Waals surface area contributed by atoms with Crippen LogP contribution >= 0.6 is 0 Å². The second-order valence-electron chi connectivity index (χ2n) is 6.33. The minimum absolute atomic E-state index is 0.546. The zero-order valence-corrected chi connectivity index (χ0v) is 13.3. The molecule has 3 heteroatoms. The first-order valence-electron chi connectivity index (χ1n) is 8.07. The number of hydrogen-bond acceptors (Lipinski definition) is 3. The molecule has 0 atom stereocenters. The normalized spacial score (nSPS) is 18.2. The van der Waals surface area contributed by atoms with Crippen molar-refractivity contribution in [2.24, 2.45) is 5.41 Å². The Hall–Kier alpha value is -1.09. The molecule has 0 saturated carbocycles. The van der Waals surface area contributed by atoms with E-state index < -0.39 is 0 Å². The highest BCUT2D eigenvalue weighted by Gasteiger charge is 2.28. The lowest BCUT2D eigenvalue weighted by atomic mass is 9.78. The Morgan fingerprint density at radius 2 is 2.05 bits per heavy atom. The van der Waals surface area contributed by atoms with Gasteiger partial charge in [0.25, 0.3) is 0 Å². The van der Waals surface area contributed by atoms with Crippen LogP contribution in [0.2, 0.25) is 0 Å². The molecule has 0 radical (unpaired) electrons. The third-order valence-corrected chi connectivity index (χ3v) is 4.78. The molecule has 1 N–H and O–H groups in total. The Bertz CT molecular complexity index is 408. The maximum absolute atomic E-state index is 4.30. The zero-order chi connectivity index (χ0) is 14.4. The Morgan fingerprint density at radius 3 is 2.70 bits per heavy atom. The number of hydrogen-bond donors (Lipinski definition) is 1. The molecular weight excluding hydrogens is 246 g/mol. The molecule has 3 nitrogen and oxygen atoms in total. The van der Waals surface area contributed by atoms with E-state index in [0.717, 1.165) is 13.1 Å². The van der Waals surface area contributed by atoms with Crippen LogP contribution < -0.4 is 10.2 Å². The molecule has 0 unspecified atom stereocenters. The standard InChI is InChI=1S/C17H29N3/c1-4-9-18-13-15-14-19-10-6-16(15)20-11-7-17(3,5-2)8-12-20/h6,10,14,18H,4-5,7-9,11-13H2,1-3H3. The van der Waals surface area contributed by atoms with Crippen molar-refractivity contribution in [2.75, 3.05) is 24.5 Å². The molecule has 0 aliphatic carbocycles. The molecule has 0 aromatic carbocycles. The fourth-order valence-corrected chi connectivity index (χ4v) is 2.91. The molecule has 0 spiro atoms. The number of aromatic nitrogens is 1. The van der Waals surface area contributed by atoms with Crippen molar-refractivity contribution in [1.29, 1.82) is 0 Å². The van der Waals surface area contributed by atoms with E-state index >= 15 is 0 Å². The van der Waals surface area contributed by atoms with Gasteiger partial charge >= 0.3 is 0 Å². The molecule has 2 rings (SSSR count). The predicted molar refractivity (Wildman–Crippen MR) is 86.1 cm³/mol. The Labute approximate surface area is 123 Å². The van der Waals surface area contributed by atoms with Crippen LogP contribution in [-0.4, -0.2) is 24.6 Å². The monoisotopic (exact) mass is 275 g/mol. The van der Waals surface area contributed by atoms with E-state index in [-0.39, 0.29) is 0 Å². The van der Waals surface area contributed by atoms with Gasteiger partial charge in [0.15, 0.2) is 0 Å². The van der Waals surface area contributed by atoms with Crippen molar-refractivity contribution in [2.45, 2.75) is 53.0 Å². The number of piperidine rings is 1. The molecule has 20 heavy (non-hydrogen) atoms. The van der Waals surface area contributed by atoms with Crippen LogP contribution in [0.5, 0.6) is 0 Å². The van der Waals surface area contributed by atoms with Crippen LogP contribution in [0.15, 0.2) is 18.5 Å². The second-order valence-corrected chi connectivity index (χ2v) is 6.33. The van der Waals surface area contributed by atoms with E-state index in [9.17, 15) is 0 Å². The summed E-state index contributed by atoms with van der Waals surface area (Å²) in [7, 11) is 0. The zero-order valence-electron chi connectivity index (χ0n) is 13.3. The van der Waals surface area contributed by atoms with E-state index in [2.05, 4.69) is 42.0 Å². The quantitative estimate of drug-likeness (QED) is 0.804. The number of pyridine rings is 1. The van der Waals surface area contributed by atoms with Crippen LogP contribution in [0.25, 0.3) is 0 Å². The third-order valence-electron chi connectivity index (χ3n) is 4.78. The molecule has 0 bridgehead atoms. The predicted octanol–water partition coefficient (Wildman–Crippen LogP) is 3.60. The summed E-state index contributed by atoms with van der Waals surface area (Å²) in [4.78, 5) is 6.84. The fraction of sp³-hybridized carbons (Fsp3) is 0.706. The highest BCUT2D eigenvalue weighted by atomic mass is 15.1. The lowest BCUT2D eigenvalue weighted by Gasteiger charge is -2.40. The van der Waals surface area contributed by atoms with Gasteiger partial charge < -0.3 is 10.2 Å². The molecule has 1 saturated heterocycles. The van der Waals surface area contributed by atoms with Crippen molar-refractivity contribution in [3.05, 3.63) is 24.0 Å². The average molecular weight is 275 g/mol. The van der Waals surface area contributed by atoms with Gasteiger partial charge in [-0.25, -0.2) is 0 Å². The van der Waals surface area contributed by atoms with Gasteiger partial charge in [0, 0.05) is 43.3 Å². The van der Waals surface area contributed by atoms with Crippen LogP contribution in [-0.2, 0) is 6.54 Å². The maximum atomic E-state index is 4.30. The Morgan fingerprint density at radius 1 is 1.30 bits per heavy atom. The summed E-state index contributed by atoms with van der Waals surface area (Å²) in [5, 5.41) is 3.49. The van der Waals surface area contributed by atoms with E-state index in [1.807, 2.05) is 12.4 Å². The summed E-state index contributed by atoms with van der Waals surface area (Å²) in [6.07, 6.45) is 9.01. The molecule has 1 aliphatic heterocycles. The summed E-state index contributed by atoms with van der Waals surface area (Å²) in [5.74, 6) is 0. The molecule has 1 aliphatic rings. The van der Waals surface area contributed by atoms with Crippen LogP contribution in [0.4, 0.5) is 5.69 Å². The molecule has 2 heterocycles. The SMILES string of the molecule is CCCNCc1cnccc1N1CCC(C)(CC)CC1. The van der Waals surface area contributed by atoms with Gasteiger partial charge in [-0.1, -0.05) is 27.2 Å². The first kappa shape index (κ1) is 15.3. The fourth-order valence-electron chi connectivity index (χ4n) is 2.91. The van der Waals surface area contributed by atoms with Gasteiger partial charge in [0.1, 0.15) is 0 Å². The average Bonchev–Trinajstić information content (AvgIpc) is 2.49. The molecule has 112 valence electrons. The molecule has 1 aromatic rings. The van der Waals surface area contributed by atoms with Crippen molar-refractivity contribution < 1.29 is 0 Å². The molecule has 1 fully saturated rings. The van der Waals surface area contributed by atoms with Crippen LogP contribution in [0, 0.1) is 5.41 Å². The number of nitrogens with one attached hydrogen (secondary N) is 1. The number of nitrogens with zero attached hydrogens (tertiary/aromatic N) is 2. The topological polar surface area (TPSA) is 28.2 Å². The van der Waals surface area contributed by atoms with Gasteiger partial charge in [-0.15, -0.1) is 0 Å². The first-order chi connectivity index (χ1) is 9.68. The van der Waals surface area contributed by atoms with Gasteiger partial charge in [-0.2, -0.15) is 0 Å². The van der Waals surface area contributed by atoms with Gasteiger partial charge in [-0.3, -0.25) is 4.98 Å². The van der Waals surface area contributed by atoms with Gasteiger partial charge in [-0.05, 0) is 37.3 Å². The highest BCUT2D eigenvalue weighted by molar-refractivity contribution is 5.52. The lowest BCUT2D eigenvalue weighted by molar-refractivity contribution is 0.238. The van der Waals surface area contributed by atoms with Crippen LogP contribution in [0.1, 0.15) is 52.0 Å². The summed E-state index contributed by atoms with van der Waals surface area (Å²) in [6.45, 7) is 11.3. The van der Waals surface area contributed by atoms with Crippen molar-refractivity contribution >= 4 is 5.69 Å². The minimum atomic E-state index is 0.546. The largest absolute Gasteiger partial charge is 0.371 e. The van der Waals surface area contributed by atoms with Crippen molar-refractivity contribution in [3.63, 3.8) is 0 Å². The second kappa shape index (κ2) is 7.07. The summed E-state index contributed by atoms with van der Waals surface area (Å²) in [6, 6.07) is 2.18. The Kier molecular flexibility index (Phi) is 5.41. The van der Waals surface area contributed by atoms with E-state index in [4.69, 9.17) is 0 Å². The van der Waals surface area contributed by atoms with Gasteiger partial charge in [0.2, 0.25) is 0 Å². The number of anilines is 1. The highest BCUT2D eigenvalue weighted by Crippen LogP contribution is 2.36. The smallest absolute Gasteiger partial charge is 0.0442 e. The minimum Gasteiger partial charge on any atom is -0.371 e. The Balaban J connectivity index is 2.02. The van der Waals surface area contributed by atoms with Crippen LogP contribution in [0.3, 0.4) is 0 Å². The maximum Gasteiger partial charge on any atom is 0.0442 e. The number of rotatable bonds is 6. The summed E-state index contributed by atoms with van der Waals surface area (Å²) >= 11 is 0. The van der Waals surface area contributed by atoms with E-state index in [1.54, 1.807) is 0 Å². The third kappa shape index (κ3) is 3.72. The molecule has 0 amide bonds. The van der Waals surface area contributed by atoms with Gasteiger partial charge in [0.05, 0.1) is 0 Å². The molecular formula is C17H29N3. The van der Waals surface area contributed by atoms with E-state index in [1.165, 1.54) is 50.0 Å². The summed E-state index contributed by atoms with van der Waals surface area (Å²) in [5.41, 5.74) is 3.26. The van der Waals surface area contributed by atoms with Crippen molar-refractivity contribution in [1.82, 2.24) is 10.3 Å². The summed E-state index contributed by atoms with van der Waals surface area (Å²) < 4.78 is 0. The van der Waals surface area contributed by atoms with Crippen molar-refractivity contribution in [3.8, 4) is 0 Å². The molecule has 1 aromatic heterocycles. The lowest BCUT2D eigenvalue weighted by Crippen LogP contribution is -2.39.